The van der Waals surface area contributed by atoms with E-state index >= 15 is 0 Å². The number of hydrogen-bond donors (Lipinski definition) is 0. The number of carbonyl (C=O) groups is 3. The van der Waals surface area contributed by atoms with E-state index in [9.17, 15) is 69.2 Å². The van der Waals surface area contributed by atoms with Gasteiger partial charge in [0.25, 0.3) is 0 Å². The molecule has 175 valence electrons. The Labute approximate surface area is 201 Å². The number of rotatable bonds is 3. The molecule has 0 aliphatic carbocycles. The molecule has 0 bridgehead atoms. The molecule has 0 saturated heterocycles. The second-order valence-electron chi connectivity index (χ2n) is 4.85. The van der Waals surface area contributed by atoms with Gasteiger partial charge in [0.1, 0.15) is 0 Å². The second kappa shape index (κ2) is 15.2. The standard InChI is InChI=1S/3C5H5F3O2.Nd/c3*1-3(9)2-4(10)5(6,7)8;/h3*2,10H,1H3;/q;;;+3/p-3/b4-2+;2*4-2-;. The van der Waals surface area contributed by atoms with Gasteiger partial charge in [-0.15, -0.1) is 0 Å². The molecule has 0 unspecified atom stereocenters. The number of allylic oxidation sites excluding steroid dienone is 6. The van der Waals surface area contributed by atoms with Crippen molar-refractivity contribution in [3.05, 3.63) is 35.5 Å². The van der Waals surface area contributed by atoms with Crippen LogP contribution in [0.15, 0.2) is 35.5 Å². The molecule has 16 heteroatoms. The first kappa shape index (κ1) is 36.7. The predicted molar refractivity (Wildman–Crippen MR) is 74.5 cm³/mol. The topological polar surface area (TPSA) is 120 Å². The zero-order valence-corrected chi connectivity index (χ0v) is 18.8. The minimum absolute atomic E-state index is 0. The fourth-order valence-corrected chi connectivity index (χ4v) is 0.799. The van der Waals surface area contributed by atoms with Crippen molar-refractivity contribution in [2.75, 3.05) is 0 Å². The third-order valence-corrected chi connectivity index (χ3v) is 1.84. The molecule has 0 aromatic carbocycles. The third-order valence-electron chi connectivity index (χ3n) is 1.84. The van der Waals surface area contributed by atoms with Gasteiger partial charge in [0.2, 0.25) is 0 Å². The largest absolute Gasteiger partial charge is 3.00 e. The summed E-state index contributed by atoms with van der Waals surface area (Å²) in [7, 11) is 0. The van der Waals surface area contributed by atoms with E-state index < -0.39 is 53.2 Å². The first-order chi connectivity index (χ1) is 13.0. The zero-order chi connectivity index (χ0) is 25.1. The van der Waals surface area contributed by atoms with E-state index in [1.807, 2.05) is 0 Å². The Kier molecular flexibility index (Phi) is 18.0. The second-order valence-corrected chi connectivity index (χ2v) is 4.85. The van der Waals surface area contributed by atoms with Crippen molar-refractivity contribution in [2.45, 2.75) is 39.3 Å². The molecule has 6 nitrogen and oxygen atoms in total. The summed E-state index contributed by atoms with van der Waals surface area (Å²) in [5.41, 5.74) is 0. The van der Waals surface area contributed by atoms with Crippen LogP contribution >= 0.6 is 0 Å². The van der Waals surface area contributed by atoms with Crippen LogP contribution in [0, 0.1) is 40.8 Å². The molecule has 0 aliphatic heterocycles. The first-order valence-electron chi connectivity index (χ1n) is 6.91. The summed E-state index contributed by atoms with van der Waals surface area (Å²) in [4.78, 5) is 29.8. The molecular formula is C15H12F9NdO6. The molecular weight excluding hydrogens is 591 g/mol. The van der Waals surface area contributed by atoms with Crippen LogP contribution < -0.4 is 15.3 Å². The summed E-state index contributed by atoms with van der Waals surface area (Å²) in [5.74, 6) is -9.04. The predicted octanol–water partition coefficient (Wildman–Crippen LogP) is 1.15. The van der Waals surface area contributed by atoms with Crippen LogP contribution in [-0.4, -0.2) is 35.9 Å². The van der Waals surface area contributed by atoms with Crippen molar-refractivity contribution in [3.63, 3.8) is 0 Å². The number of carbonyl (C=O) groups excluding carboxylic acids is 3. The van der Waals surface area contributed by atoms with Gasteiger partial charge in [-0.25, -0.2) is 0 Å². The molecule has 0 heterocycles. The number of hydrogen-bond acceptors (Lipinski definition) is 6. The van der Waals surface area contributed by atoms with Gasteiger partial charge < -0.3 is 15.3 Å². The fraction of sp³-hybridized carbons (Fsp3) is 0.400. The Morgan fingerprint density at radius 3 is 0.677 bits per heavy atom. The van der Waals surface area contributed by atoms with Gasteiger partial charge >= 0.3 is 59.4 Å². The normalized spacial score (nSPS) is 13.0. The summed E-state index contributed by atoms with van der Waals surface area (Å²) in [6.07, 6.45) is -14.7. The Bertz CT molecular complexity index is 606. The Hall–Kier alpha value is -1.65. The average Bonchev–Trinajstić information content (AvgIpc) is 2.43. The third kappa shape index (κ3) is 24.5. The Morgan fingerprint density at radius 2 is 0.645 bits per heavy atom. The monoisotopic (exact) mass is 601 g/mol. The van der Waals surface area contributed by atoms with Crippen molar-refractivity contribution in [2.24, 2.45) is 0 Å². The Morgan fingerprint density at radius 1 is 0.516 bits per heavy atom. The molecule has 31 heavy (non-hydrogen) atoms. The molecule has 0 saturated carbocycles. The molecule has 0 amide bonds. The van der Waals surface area contributed by atoms with Gasteiger partial charge in [-0.3, -0.25) is 14.4 Å². The van der Waals surface area contributed by atoms with Gasteiger partial charge in [-0.2, -0.15) is 39.5 Å². The summed E-state index contributed by atoms with van der Waals surface area (Å²) >= 11 is 0. The van der Waals surface area contributed by atoms with Gasteiger partial charge in [-0.05, 0) is 56.3 Å². The summed E-state index contributed by atoms with van der Waals surface area (Å²) in [6.45, 7) is 2.64. The minimum Gasteiger partial charge on any atom is -0.869 e. The average molecular weight is 603 g/mol. The van der Waals surface area contributed by atoms with E-state index in [0.29, 0.717) is 0 Å². The van der Waals surface area contributed by atoms with E-state index in [4.69, 9.17) is 0 Å². The number of ketones is 3. The molecule has 0 fully saturated rings. The van der Waals surface area contributed by atoms with Crippen LogP contribution in [0.3, 0.4) is 0 Å². The van der Waals surface area contributed by atoms with Crippen molar-refractivity contribution >= 4 is 17.3 Å². The molecule has 0 N–H and O–H groups in total. The van der Waals surface area contributed by atoms with Crippen LogP contribution in [0.4, 0.5) is 39.5 Å². The van der Waals surface area contributed by atoms with Crippen molar-refractivity contribution in [1.82, 2.24) is 0 Å². The van der Waals surface area contributed by atoms with Crippen molar-refractivity contribution in [1.29, 1.82) is 0 Å². The summed E-state index contributed by atoms with van der Waals surface area (Å²) < 4.78 is 101. The van der Waals surface area contributed by atoms with Gasteiger partial charge in [-0.1, -0.05) is 0 Å². The van der Waals surface area contributed by atoms with Crippen LogP contribution in [0.25, 0.3) is 0 Å². The van der Waals surface area contributed by atoms with Crippen LogP contribution in [-0.2, 0) is 14.4 Å². The zero-order valence-electron chi connectivity index (χ0n) is 15.6. The molecule has 0 aliphatic rings. The molecule has 0 atom stereocenters. The smallest absolute Gasteiger partial charge is 0.869 e. The number of halogens is 9. The maximum Gasteiger partial charge on any atom is 3.00 e. The van der Waals surface area contributed by atoms with E-state index in [-0.39, 0.29) is 59.1 Å². The molecule has 0 rings (SSSR count). The minimum atomic E-state index is -4.92. The maximum absolute atomic E-state index is 11.3. The molecule has 1 radical (unpaired) electrons. The quantitative estimate of drug-likeness (QED) is 0.271. The van der Waals surface area contributed by atoms with Crippen LogP contribution in [0.1, 0.15) is 20.8 Å². The van der Waals surface area contributed by atoms with Crippen LogP contribution in [0.2, 0.25) is 0 Å². The van der Waals surface area contributed by atoms with Crippen molar-refractivity contribution < 1.29 is 110 Å². The summed E-state index contributed by atoms with van der Waals surface area (Å²) in [5, 5.41) is 29.6. The SMILES string of the molecule is CC(=O)/C=C(/[O-])C(F)(F)F.CC(=O)/C=C(\[O-])C(F)(F)F.CC(=O)/C=C(\[O-])C(F)(F)F.[Nd+3]. The summed E-state index contributed by atoms with van der Waals surface area (Å²) in [6, 6.07) is 0. The maximum atomic E-state index is 11.3. The van der Waals surface area contributed by atoms with E-state index in [2.05, 4.69) is 0 Å². The molecule has 0 spiro atoms. The van der Waals surface area contributed by atoms with E-state index in [1.165, 1.54) is 0 Å². The first-order valence-corrected chi connectivity index (χ1v) is 6.91. The molecule has 0 aromatic heterocycles. The van der Waals surface area contributed by atoms with Crippen LogP contribution in [0.5, 0.6) is 0 Å². The van der Waals surface area contributed by atoms with Gasteiger partial charge in [0, 0.05) is 0 Å². The van der Waals surface area contributed by atoms with Gasteiger partial charge in [0.15, 0.2) is 17.3 Å². The Balaban J connectivity index is -0.000000174. The fourth-order valence-electron chi connectivity index (χ4n) is 0.799. The van der Waals surface area contributed by atoms with Gasteiger partial charge in [0.05, 0.1) is 0 Å². The van der Waals surface area contributed by atoms with E-state index in [1.54, 1.807) is 0 Å². The molecule has 0 aromatic rings. The number of alkyl halides is 9. The van der Waals surface area contributed by atoms with E-state index in [0.717, 1.165) is 20.8 Å². The van der Waals surface area contributed by atoms with Crippen molar-refractivity contribution in [3.8, 4) is 0 Å².